The molecule has 0 bridgehead atoms. The van der Waals surface area contributed by atoms with Crippen LogP contribution in [-0.2, 0) is 5.41 Å². The largest absolute Gasteiger partial charge is 0.336 e. The Morgan fingerprint density at radius 2 is 1.02 bits per heavy atom. The molecular weight excluding hydrogens is 482 g/mol. The summed E-state index contributed by atoms with van der Waals surface area (Å²) >= 11 is 0. The van der Waals surface area contributed by atoms with Crippen LogP contribution in [0.5, 0.6) is 0 Å². The minimum Gasteiger partial charge on any atom is -0.336 e. The molecule has 0 aromatic heterocycles. The first-order valence-corrected chi connectivity index (χ1v) is 14.4. The lowest BCUT2D eigenvalue weighted by Gasteiger charge is -2.40. The molecule has 0 saturated heterocycles. The lowest BCUT2D eigenvalue weighted by atomic mass is 9.81. The Bertz CT molecular complexity index is 1700. The number of fused-ring (bicyclic) bond motifs is 3. The van der Waals surface area contributed by atoms with Gasteiger partial charge in [0.2, 0.25) is 0 Å². The van der Waals surface area contributed by atoms with E-state index in [2.05, 4.69) is 163 Å². The lowest BCUT2D eigenvalue weighted by molar-refractivity contribution is 0.558. The van der Waals surface area contributed by atoms with E-state index in [0.717, 1.165) is 0 Å². The zero-order chi connectivity index (χ0) is 28.2. The second kappa shape index (κ2) is 9.52. The van der Waals surface area contributed by atoms with Crippen molar-refractivity contribution in [3.05, 3.63) is 131 Å². The topological polar surface area (TPSA) is 3.24 Å². The van der Waals surface area contributed by atoms with Crippen molar-refractivity contribution in [3.8, 4) is 33.4 Å². The summed E-state index contributed by atoms with van der Waals surface area (Å²) in [6, 6.07) is 40.2. The minimum absolute atomic E-state index is 0.0611. The third-order valence-electron chi connectivity index (χ3n) is 8.57. The maximum Gasteiger partial charge on any atom is 0.0451 e. The molecule has 200 valence electrons. The number of nitrogens with zero attached hydrogens (tertiary/aromatic N) is 1. The number of rotatable bonds is 4. The maximum absolute atomic E-state index is 2.55. The number of aryl methyl sites for hydroxylation is 2. The van der Waals surface area contributed by atoms with E-state index >= 15 is 0 Å². The molecule has 0 amide bonds. The molecule has 0 spiro atoms. The third kappa shape index (κ3) is 4.34. The first-order valence-electron chi connectivity index (χ1n) is 14.4. The van der Waals surface area contributed by atoms with Crippen LogP contribution >= 0.6 is 0 Å². The van der Waals surface area contributed by atoms with Gasteiger partial charge >= 0.3 is 0 Å². The summed E-state index contributed by atoms with van der Waals surface area (Å²) in [5, 5.41) is 0. The van der Waals surface area contributed by atoms with Gasteiger partial charge in [-0.1, -0.05) is 105 Å². The molecule has 0 radical (unpaired) electrons. The van der Waals surface area contributed by atoms with Gasteiger partial charge in [-0.25, -0.2) is 0 Å². The fourth-order valence-corrected chi connectivity index (χ4v) is 6.44. The number of benzene rings is 5. The molecule has 0 heterocycles. The second-order valence-corrected chi connectivity index (χ2v) is 12.8. The van der Waals surface area contributed by atoms with Crippen LogP contribution in [0.3, 0.4) is 0 Å². The summed E-state index contributed by atoms with van der Waals surface area (Å²) in [5.41, 5.74) is 15.5. The Labute approximate surface area is 240 Å². The summed E-state index contributed by atoms with van der Waals surface area (Å²) in [7, 11) is 0. The van der Waals surface area contributed by atoms with Gasteiger partial charge < -0.3 is 4.90 Å². The standard InChI is InChI=1S/C39H39N/c1-26-18-19-31(29-16-12-9-13-17-29)24-36(26)40(38(3,4)5)37-25-33-32-21-20-30(28-14-10-8-11-15-28)23-35(32)39(6,7)34(33)22-27(37)2/h8-25H,1-7H3. The van der Waals surface area contributed by atoms with Crippen LogP contribution in [0, 0.1) is 13.8 Å². The van der Waals surface area contributed by atoms with E-state index in [-0.39, 0.29) is 11.0 Å². The SMILES string of the molecule is Cc1ccc(-c2ccccc2)cc1N(c1cc2c(cc1C)C(C)(C)c1cc(-c3ccccc3)ccc1-2)C(C)(C)C. The lowest BCUT2D eigenvalue weighted by Crippen LogP contribution is -2.38. The monoisotopic (exact) mass is 521 g/mol. The van der Waals surface area contributed by atoms with Gasteiger partial charge in [-0.05, 0) is 108 Å². The van der Waals surface area contributed by atoms with Gasteiger partial charge in [-0.15, -0.1) is 0 Å². The highest BCUT2D eigenvalue weighted by molar-refractivity contribution is 5.88. The van der Waals surface area contributed by atoms with Crippen LogP contribution in [0.4, 0.5) is 11.4 Å². The van der Waals surface area contributed by atoms with Gasteiger partial charge in [-0.2, -0.15) is 0 Å². The van der Waals surface area contributed by atoms with E-state index < -0.39 is 0 Å². The molecule has 1 aliphatic rings. The highest BCUT2D eigenvalue weighted by Gasteiger charge is 2.37. The summed E-state index contributed by atoms with van der Waals surface area (Å²) < 4.78 is 0. The van der Waals surface area contributed by atoms with E-state index in [9.17, 15) is 0 Å². The van der Waals surface area contributed by atoms with Crippen molar-refractivity contribution < 1.29 is 0 Å². The van der Waals surface area contributed by atoms with Gasteiger partial charge in [0.1, 0.15) is 0 Å². The molecule has 0 unspecified atom stereocenters. The molecule has 0 fully saturated rings. The molecule has 5 aromatic carbocycles. The van der Waals surface area contributed by atoms with Crippen molar-refractivity contribution in [1.29, 1.82) is 0 Å². The van der Waals surface area contributed by atoms with Gasteiger partial charge in [0.15, 0.2) is 0 Å². The van der Waals surface area contributed by atoms with Crippen LogP contribution < -0.4 is 4.90 Å². The molecule has 0 N–H and O–H groups in total. The summed E-state index contributed by atoms with van der Waals surface area (Å²) in [6.45, 7) is 16.2. The smallest absolute Gasteiger partial charge is 0.0451 e. The van der Waals surface area contributed by atoms with Crippen molar-refractivity contribution >= 4 is 11.4 Å². The van der Waals surface area contributed by atoms with E-state index in [1.807, 2.05) is 0 Å². The van der Waals surface area contributed by atoms with Gasteiger partial charge in [0.05, 0.1) is 0 Å². The Hall–Kier alpha value is -4.10. The zero-order valence-corrected chi connectivity index (χ0v) is 24.8. The van der Waals surface area contributed by atoms with Crippen LogP contribution in [0.15, 0.2) is 109 Å². The number of anilines is 2. The predicted molar refractivity (Wildman–Crippen MR) is 173 cm³/mol. The Kier molecular flexibility index (Phi) is 6.22. The zero-order valence-electron chi connectivity index (χ0n) is 24.8. The van der Waals surface area contributed by atoms with Crippen LogP contribution in [0.1, 0.15) is 56.9 Å². The molecule has 5 aromatic rings. The number of hydrogen-bond acceptors (Lipinski definition) is 1. The molecule has 1 aliphatic carbocycles. The second-order valence-electron chi connectivity index (χ2n) is 12.8. The van der Waals surface area contributed by atoms with Gasteiger partial charge in [0.25, 0.3) is 0 Å². The van der Waals surface area contributed by atoms with Crippen molar-refractivity contribution in [3.63, 3.8) is 0 Å². The first kappa shape index (κ1) is 26.1. The Balaban J connectivity index is 1.52. The summed E-state index contributed by atoms with van der Waals surface area (Å²) in [5.74, 6) is 0. The summed E-state index contributed by atoms with van der Waals surface area (Å²) in [6.07, 6.45) is 0. The molecule has 40 heavy (non-hydrogen) atoms. The van der Waals surface area contributed by atoms with Crippen molar-refractivity contribution in [1.82, 2.24) is 0 Å². The fourth-order valence-electron chi connectivity index (χ4n) is 6.44. The predicted octanol–water partition coefficient (Wildman–Crippen LogP) is 10.9. The molecule has 0 aliphatic heterocycles. The van der Waals surface area contributed by atoms with Crippen LogP contribution in [0.2, 0.25) is 0 Å². The minimum atomic E-state index is -0.118. The fraction of sp³-hybridized carbons (Fsp3) is 0.231. The van der Waals surface area contributed by atoms with Crippen LogP contribution in [-0.4, -0.2) is 5.54 Å². The Morgan fingerprint density at radius 1 is 0.500 bits per heavy atom. The molecule has 1 nitrogen and oxygen atoms in total. The number of hydrogen-bond donors (Lipinski definition) is 0. The van der Waals surface area contributed by atoms with Gasteiger partial charge in [-0.3, -0.25) is 0 Å². The average molecular weight is 522 g/mol. The average Bonchev–Trinajstić information content (AvgIpc) is 3.15. The van der Waals surface area contributed by atoms with Crippen molar-refractivity contribution in [2.24, 2.45) is 0 Å². The Morgan fingerprint density at radius 3 is 1.62 bits per heavy atom. The molecule has 1 heteroatoms. The molecule has 0 saturated carbocycles. The van der Waals surface area contributed by atoms with Crippen molar-refractivity contribution in [2.75, 3.05) is 4.90 Å². The normalized spacial score (nSPS) is 13.6. The molecular formula is C39H39N. The van der Waals surface area contributed by atoms with Crippen LogP contribution in [0.25, 0.3) is 33.4 Å². The van der Waals surface area contributed by atoms with E-state index in [1.54, 1.807) is 0 Å². The molecule has 6 rings (SSSR count). The first-order chi connectivity index (χ1) is 19.1. The maximum atomic E-state index is 2.55. The molecule has 0 atom stereocenters. The summed E-state index contributed by atoms with van der Waals surface area (Å²) in [4.78, 5) is 2.55. The van der Waals surface area contributed by atoms with Crippen molar-refractivity contribution in [2.45, 2.75) is 59.4 Å². The van der Waals surface area contributed by atoms with E-state index in [4.69, 9.17) is 0 Å². The quantitative estimate of drug-likeness (QED) is 0.227. The van der Waals surface area contributed by atoms with E-state index in [0.29, 0.717) is 0 Å². The van der Waals surface area contributed by atoms with Gasteiger partial charge in [0, 0.05) is 22.3 Å². The third-order valence-corrected chi connectivity index (χ3v) is 8.57. The highest BCUT2D eigenvalue weighted by atomic mass is 15.2. The van der Waals surface area contributed by atoms with E-state index in [1.165, 1.54) is 67.0 Å². The highest BCUT2D eigenvalue weighted by Crippen LogP contribution is 2.52.